The maximum absolute atomic E-state index is 4.08. The van der Waals surface area contributed by atoms with Crippen LogP contribution in [0.25, 0.3) is 5.69 Å². The summed E-state index contributed by atoms with van der Waals surface area (Å²) in [5.74, 6) is 0. The number of piperidine rings is 1. The first-order valence-electron chi connectivity index (χ1n) is 7.31. The minimum absolute atomic E-state index is 0.713. The zero-order chi connectivity index (χ0) is 13.8. The van der Waals surface area contributed by atoms with E-state index in [1.807, 2.05) is 17.1 Å². The van der Waals surface area contributed by atoms with Crippen molar-refractivity contribution in [2.75, 3.05) is 20.1 Å². The summed E-state index contributed by atoms with van der Waals surface area (Å²) in [7, 11) is 2.24. The number of rotatable bonds is 4. The molecule has 1 aromatic heterocycles. The van der Waals surface area contributed by atoms with E-state index in [-0.39, 0.29) is 0 Å². The molecule has 2 aromatic rings. The molecular weight excluding hydrogens is 248 g/mol. The predicted octanol–water partition coefficient (Wildman–Crippen LogP) is 2.06. The van der Waals surface area contributed by atoms with E-state index in [0.717, 1.165) is 25.3 Å². The van der Waals surface area contributed by atoms with Gasteiger partial charge in [0.15, 0.2) is 0 Å². The molecule has 106 valence electrons. The van der Waals surface area contributed by atoms with Crippen LogP contribution in [-0.2, 0) is 6.54 Å². The minimum Gasteiger partial charge on any atom is -0.317 e. The summed E-state index contributed by atoms with van der Waals surface area (Å²) in [6.07, 6.45) is 8.11. The molecule has 0 unspecified atom stereocenters. The first-order valence-corrected chi connectivity index (χ1v) is 7.31. The lowest BCUT2D eigenvalue weighted by Gasteiger charge is -2.31. The van der Waals surface area contributed by atoms with Crippen LogP contribution < -0.4 is 5.32 Å². The highest BCUT2D eigenvalue weighted by atomic mass is 15.1. The third kappa shape index (κ3) is 3.08. The van der Waals surface area contributed by atoms with Crippen LogP contribution in [0.5, 0.6) is 0 Å². The number of aromatic nitrogens is 2. The molecule has 1 aromatic carbocycles. The normalized spacial score (nSPS) is 16.7. The highest BCUT2D eigenvalue weighted by molar-refractivity contribution is 5.34. The Balaban J connectivity index is 1.63. The van der Waals surface area contributed by atoms with Gasteiger partial charge >= 0.3 is 0 Å². The molecule has 0 atom stereocenters. The molecule has 20 heavy (non-hydrogen) atoms. The van der Waals surface area contributed by atoms with Crippen LogP contribution in [0.15, 0.2) is 43.0 Å². The number of hydrogen-bond acceptors (Lipinski definition) is 3. The van der Waals surface area contributed by atoms with E-state index < -0.39 is 0 Å². The lowest BCUT2D eigenvalue weighted by Crippen LogP contribution is -2.40. The molecule has 1 aliphatic rings. The number of nitrogens with one attached hydrogen (secondary N) is 1. The van der Waals surface area contributed by atoms with Crippen LogP contribution in [0.2, 0.25) is 0 Å². The van der Waals surface area contributed by atoms with Gasteiger partial charge in [0.25, 0.3) is 0 Å². The topological polar surface area (TPSA) is 33.1 Å². The van der Waals surface area contributed by atoms with Crippen molar-refractivity contribution in [2.45, 2.75) is 25.4 Å². The SMILES string of the molecule is CN(Cc1ccc(-n2ccnc2)cc1)C1CCNCC1. The summed E-state index contributed by atoms with van der Waals surface area (Å²) in [6, 6.07) is 9.46. The highest BCUT2D eigenvalue weighted by Gasteiger charge is 2.17. The van der Waals surface area contributed by atoms with E-state index in [1.165, 1.54) is 18.4 Å². The maximum atomic E-state index is 4.08. The maximum Gasteiger partial charge on any atom is 0.0991 e. The molecular formula is C16H22N4. The standard InChI is InChI=1S/C16H22N4/c1-19(15-6-8-17-9-7-15)12-14-2-4-16(5-3-14)20-11-10-18-13-20/h2-5,10-11,13,15,17H,6-9,12H2,1H3. The number of nitrogens with zero attached hydrogens (tertiary/aromatic N) is 3. The van der Waals surface area contributed by atoms with Gasteiger partial charge in [-0.15, -0.1) is 0 Å². The smallest absolute Gasteiger partial charge is 0.0991 e. The van der Waals surface area contributed by atoms with Gasteiger partial charge in [-0.2, -0.15) is 0 Å². The Morgan fingerprint density at radius 3 is 2.65 bits per heavy atom. The first kappa shape index (κ1) is 13.3. The monoisotopic (exact) mass is 270 g/mol. The molecule has 0 amide bonds. The number of hydrogen-bond donors (Lipinski definition) is 1. The molecule has 1 aliphatic heterocycles. The molecule has 4 heteroatoms. The molecule has 0 bridgehead atoms. The van der Waals surface area contributed by atoms with Crippen molar-refractivity contribution < 1.29 is 0 Å². The minimum atomic E-state index is 0.713. The quantitative estimate of drug-likeness (QED) is 0.923. The van der Waals surface area contributed by atoms with Crippen molar-refractivity contribution in [3.8, 4) is 5.69 Å². The molecule has 4 nitrogen and oxygen atoms in total. The fraction of sp³-hybridized carbons (Fsp3) is 0.438. The average Bonchev–Trinajstić information content (AvgIpc) is 3.03. The van der Waals surface area contributed by atoms with Gasteiger partial charge in [-0.3, -0.25) is 4.90 Å². The van der Waals surface area contributed by atoms with Crippen molar-refractivity contribution in [2.24, 2.45) is 0 Å². The second-order valence-corrected chi connectivity index (χ2v) is 5.53. The van der Waals surface area contributed by atoms with Crippen LogP contribution >= 0.6 is 0 Å². The third-order valence-corrected chi connectivity index (χ3v) is 4.10. The van der Waals surface area contributed by atoms with Gasteiger partial charge in [0.1, 0.15) is 0 Å². The Bertz CT molecular complexity index is 512. The summed E-state index contributed by atoms with van der Waals surface area (Å²) in [6.45, 7) is 3.32. The molecule has 0 aliphatic carbocycles. The van der Waals surface area contributed by atoms with E-state index in [9.17, 15) is 0 Å². The Labute approximate surface area is 120 Å². The number of imidazole rings is 1. The average molecular weight is 270 g/mol. The van der Waals surface area contributed by atoms with Crippen LogP contribution in [0.1, 0.15) is 18.4 Å². The molecule has 1 fully saturated rings. The Morgan fingerprint density at radius 1 is 1.25 bits per heavy atom. The zero-order valence-corrected chi connectivity index (χ0v) is 12.0. The van der Waals surface area contributed by atoms with Crippen LogP contribution in [0.4, 0.5) is 0 Å². The van der Waals surface area contributed by atoms with E-state index in [0.29, 0.717) is 6.04 Å². The van der Waals surface area contributed by atoms with Crippen molar-refractivity contribution in [3.63, 3.8) is 0 Å². The third-order valence-electron chi connectivity index (χ3n) is 4.10. The fourth-order valence-electron chi connectivity index (χ4n) is 2.85. The lowest BCUT2D eigenvalue weighted by molar-refractivity contribution is 0.192. The number of benzene rings is 1. The van der Waals surface area contributed by atoms with Crippen LogP contribution in [-0.4, -0.2) is 40.6 Å². The molecule has 1 N–H and O–H groups in total. The summed E-state index contributed by atoms with van der Waals surface area (Å²) >= 11 is 0. The fourth-order valence-corrected chi connectivity index (χ4v) is 2.85. The highest BCUT2D eigenvalue weighted by Crippen LogP contribution is 2.15. The van der Waals surface area contributed by atoms with E-state index in [1.54, 1.807) is 6.20 Å². The summed E-state index contributed by atoms with van der Waals surface area (Å²) in [5, 5.41) is 3.42. The molecule has 3 rings (SSSR count). The van der Waals surface area contributed by atoms with Crippen molar-refractivity contribution >= 4 is 0 Å². The Morgan fingerprint density at radius 2 is 2.00 bits per heavy atom. The summed E-state index contributed by atoms with van der Waals surface area (Å²) in [5.41, 5.74) is 2.53. The van der Waals surface area contributed by atoms with Gasteiger partial charge in [-0.1, -0.05) is 12.1 Å². The first-order chi connectivity index (χ1) is 9.83. The van der Waals surface area contributed by atoms with Gasteiger partial charge in [0.05, 0.1) is 6.33 Å². The van der Waals surface area contributed by atoms with Crippen molar-refractivity contribution in [3.05, 3.63) is 48.5 Å². The molecule has 0 spiro atoms. The molecule has 0 radical (unpaired) electrons. The van der Waals surface area contributed by atoms with Crippen molar-refractivity contribution in [1.82, 2.24) is 19.8 Å². The summed E-state index contributed by atoms with van der Waals surface area (Å²) < 4.78 is 2.03. The lowest BCUT2D eigenvalue weighted by atomic mass is 10.0. The van der Waals surface area contributed by atoms with Crippen LogP contribution in [0, 0.1) is 0 Å². The largest absolute Gasteiger partial charge is 0.317 e. The van der Waals surface area contributed by atoms with Gasteiger partial charge < -0.3 is 9.88 Å². The van der Waals surface area contributed by atoms with Gasteiger partial charge in [0, 0.05) is 30.7 Å². The Hall–Kier alpha value is -1.65. The molecule has 0 saturated carbocycles. The molecule has 2 heterocycles. The van der Waals surface area contributed by atoms with E-state index in [2.05, 4.69) is 46.5 Å². The second-order valence-electron chi connectivity index (χ2n) is 5.53. The summed E-state index contributed by atoms with van der Waals surface area (Å²) in [4.78, 5) is 6.56. The van der Waals surface area contributed by atoms with Gasteiger partial charge in [0.2, 0.25) is 0 Å². The second kappa shape index (κ2) is 6.20. The van der Waals surface area contributed by atoms with Crippen LogP contribution in [0.3, 0.4) is 0 Å². The molecule has 1 saturated heterocycles. The Kier molecular flexibility index (Phi) is 4.14. The van der Waals surface area contributed by atoms with E-state index in [4.69, 9.17) is 0 Å². The predicted molar refractivity (Wildman–Crippen MR) is 80.9 cm³/mol. The van der Waals surface area contributed by atoms with Crippen molar-refractivity contribution in [1.29, 1.82) is 0 Å². The van der Waals surface area contributed by atoms with Gasteiger partial charge in [-0.05, 0) is 50.7 Å². The van der Waals surface area contributed by atoms with Gasteiger partial charge in [-0.25, -0.2) is 4.98 Å². The zero-order valence-electron chi connectivity index (χ0n) is 12.0. The van der Waals surface area contributed by atoms with E-state index >= 15 is 0 Å².